The lowest BCUT2D eigenvalue weighted by Gasteiger charge is -1.99. The fourth-order valence-corrected chi connectivity index (χ4v) is 2.79. The van der Waals surface area contributed by atoms with Gasteiger partial charge in [0.05, 0.1) is 11.9 Å². The third-order valence-corrected chi connectivity index (χ3v) is 4.13. The Balaban J connectivity index is 1.89. The van der Waals surface area contributed by atoms with Gasteiger partial charge in [0.15, 0.2) is 5.69 Å². The van der Waals surface area contributed by atoms with Crippen LogP contribution in [-0.4, -0.2) is 16.3 Å². The Morgan fingerprint density at radius 1 is 1.22 bits per heavy atom. The Morgan fingerprint density at radius 3 is 2.65 bits per heavy atom. The van der Waals surface area contributed by atoms with E-state index in [2.05, 4.69) is 32.6 Å². The molecule has 0 unspecified atom stereocenters. The molecule has 1 aromatic heterocycles. The predicted molar refractivity (Wildman–Crippen MR) is 99.8 cm³/mol. The first-order valence-electron chi connectivity index (χ1n) is 6.79. The lowest BCUT2D eigenvalue weighted by molar-refractivity contribution is 0.337. The maximum atomic E-state index is 9.89. The van der Waals surface area contributed by atoms with Gasteiger partial charge in [0.2, 0.25) is 5.89 Å². The van der Waals surface area contributed by atoms with Crippen LogP contribution in [0.25, 0.3) is 11.5 Å². The molecule has 4 nitrogen and oxygen atoms in total. The zero-order chi connectivity index (χ0) is 16.4. The Bertz CT molecular complexity index is 873. The number of halogens is 2. The Morgan fingerprint density at radius 2 is 1.96 bits per heavy atom. The van der Waals surface area contributed by atoms with Crippen molar-refractivity contribution in [2.45, 2.75) is 6.92 Å². The lowest BCUT2D eigenvalue weighted by Crippen LogP contribution is -1.84. The number of aromatic hydroxyl groups is 1. The summed E-state index contributed by atoms with van der Waals surface area (Å²) in [5.74, 6) is 0.0572. The van der Waals surface area contributed by atoms with Gasteiger partial charge in [-0.05, 0) is 77.5 Å². The first kappa shape index (κ1) is 16.0. The third-order valence-electron chi connectivity index (χ3n) is 3.21. The van der Waals surface area contributed by atoms with Gasteiger partial charge >= 0.3 is 5.95 Å². The molecule has 2 aromatic carbocycles. The number of aliphatic imine (C=N–C) groups is 1. The number of hydrogen-bond acceptors (Lipinski definition) is 4. The Labute approximate surface area is 152 Å². The van der Waals surface area contributed by atoms with Crippen molar-refractivity contribution in [2.75, 3.05) is 0 Å². The van der Waals surface area contributed by atoms with Crippen molar-refractivity contribution < 1.29 is 9.52 Å². The van der Waals surface area contributed by atoms with Crippen LogP contribution in [0.1, 0.15) is 11.3 Å². The molecule has 1 N–H and O–H groups in total. The van der Waals surface area contributed by atoms with Gasteiger partial charge in [0, 0.05) is 14.2 Å². The molecule has 116 valence electrons. The standard InChI is InChI=1S/C17H12ClIN2O2/c1-10-8-13(19)6-7-14(10)20-9-15-17(22)23-16(21-15)11-2-4-12(18)5-3-11/h2-9,22H,1H3. The summed E-state index contributed by atoms with van der Waals surface area (Å²) in [5, 5.41) is 10.5. The summed E-state index contributed by atoms with van der Waals surface area (Å²) in [7, 11) is 0. The summed E-state index contributed by atoms with van der Waals surface area (Å²) in [6, 6.07) is 13.0. The summed E-state index contributed by atoms with van der Waals surface area (Å²) >= 11 is 8.11. The first-order chi connectivity index (χ1) is 11.0. The molecule has 23 heavy (non-hydrogen) atoms. The highest BCUT2D eigenvalue weighted by Gasteiger charge is 2.12. The summed E-state index contributed by atoms with van der Waals surface area (Å²) < 4.78 is 6.43. The molecule has 0 aliphatic carbocycles. The monoisotopic (exact) mass is 438 g/mol. The first-order valence-corrected chi connectivity index (χ1v) is 8.24. The minimum atomic E-state index is -0.262. The minimum absolute atomic E-state index is 0.262. The molecule has 1 heterocycles. The average Bonchev–Trinajstić information content (AvgIpc) is 2.88. The second-order valence-corrected chi connectivity index (χ2v) is 6.59. The van der Waals surface area contributed by atoms with Crippen LogP contribution >= 0.6 is 34.2 Å². The highest BCUT2D eigenvalue weighted by Crippen LogP contribution is 2.27. The molecule has 0 aliphatic heterocycles. The number of aryl methyl sites for hydroxylation is 1. The van der Waals surface area contributed by atoms with Crippen LogP contribution in [-0.2, 0) is 0 Å². The normalized spacial score (nSPS) is 11.3. The predicted octanol–water partition coefficient (Wildman–Crippen LogP) is 5.36. The number of hydrogen-bond donors (Lipinski definition) is 1. The van der Waals surface area contributed by atoms with Crippen molar-refractivity contribution in [3.05, 3.63) is 62.3 Å². The van der Waals surface area contributed by atoms with Crippen LogP contribution in [0.15, 0.2) is 51.9 Å². The SMILES string of the molecule is Cc1cc(I)ccc1N=Cc1nc(-c2ccc(Cl)cc2)oc1O. The van der Waals surface area contributed by atoms with Gasteiger partial charge in [0.1, 0.15) is 0 Å². The van der Waals surface area contributed by atoms with Crippen LogP contribution < -0.4 is 0 Å². The van der Waals surface area contributed by atoms with Gasteiger partial charge in [-0.1, -0.05) is 11.6 Å². The van der Waals surface area contributed by atoms with Gasteiger partial charge in [-0.2, -0.15) is 0 Å². The van der Waals surface area contributed by atoms with E-state index in [4.69, 9.17) is 16.0 Å². The zero-order valence-corrected chi connectivity index (χ0v) is 15.0. The molecule has 0 aliphatic rings. The zero-order valence-electron chi connectivity index (χ0n) is 12.1. The maximum absolute atomic E-state index is 9.89. The summed E-state index contributed by atoms with van der Waals surface area (Å²) in [6.45, 7) is 1.98. The quantitative estimate of drug-likeness (QED) is 0.442. The smallest absolute Gasteiger partial charge is 0.312 e. The second-order valence-electron chi connectivity index (χ2n) is 4.91. The van der Waals surface area contributed by atoms with E-state index in [0.29, 0.717) is 10.9 Å². The molecular weight excluding hydrogens is 427 g/mol. The van der Waals surface area contributed by atoms with Crippen LogP contribution in [0.5, 0.6) is 5.95 Å². The fraction of sp³-hybridized carbons (Fsp3) is 0.0588. The van der Waals surface area contributed by atoms with Crippen molar-refractivity contribution in [1.29, 1.82) is 0 Å². The molecule has 6 heteroatoms. The Hall–Kier alpha value is -1.86. The summed E-state index contributed by atoms with van der Waals surface area (Å²) in [4.78, 5) is 8.63. The van der Waals surface area contributed by atoms with Crippen molar-refractivity contribution in [3.63, 3.8) is 0 Å². The molecule has 0 amide bonds. The number of aromatic nitrogens is 1. The van der Waals surface area contributed by atoms with E-state index in [0.717, 1.165) is 20.4 Å². The van der Waals surface area contributed by atoms with Crippen LogP contribution in [0.3, 0.4) is 0 Å². The largest absolute Gasteiger partial charge is 0.479 e. The summed E-state index contributed by atoms with van der Waals surface area (Å²) in [6.07, 6.45) is 1.49. The molecule has 0 saturated heterocycles. The molecule has 0 spiro atoms. The number of oxazole rings is 1. The molecule has 0 saturated carbocycles. The van der Waals surface area contributed by atoms with Gasteiger partial charge in [-0.3, -0.25) is 4.99 Å². The van der Waals surface area contributed by atoms with E-state index in [-0.39, 0.29) is 11.6 Å². The fourth-order valence-electron chi connectivity index (χ4n) is 2.02. The van der Waals surface area contributed by atoms with Crippen molar-refractivity contribution in [1.82, 2.24) is 4.98 Å². The van der Waals surface area contributed by atoms with Gasteiger partial charge in [-0.25, -0.2) is 4.98 Å². The minimum Gasteiger partial charge on any atom is -0.479 e. The second kappa shape index (κ2) is 6.72. The number of nitrogens with zero attached hydrogens (tertiary/aromatic N) is 2. The van der Waals surface area contributed by atoms with Crippen LogP contribution in [0, 0.1) is 10.5 Å². The van der Waals surface area contributed by atoms with E-state index in [1.54, 1.807) is 24.3 Å². The highest BCUT2D eigenvalue weighted by molar-refractivity contribution is 14.1. The van der Waals surface area contributed by atoms with Gasteiger partial charge in [0.25, 0.3) is 0 Å². The van der Waals surface area contributed by atoms with Crippen LogP contribution in [0.2, 0.25) is 5.02 Å². The molecule has 0 radical (unpaired) electrons. The van der Waals surface area contributed by atoms with E-state index >= 15 is 0 Å². The number of benzene rings is 2. The molecule has 3 rings (SSSR count). The molecular formula is C17H12ClIN2O2. The van der Waals surface area contributed by atoms with E-state index < -0.39 is 0 Å². The van der Waals surface area contributed by atoms with Crippen molar-refractivity contribution >= 4 is 46.1 Å². The highest BCUT2D eigenvalue weighted by atomic mass is 127. The summed E-state index contributed by atoms with van der Waals surface area (Å²) in [5.41, 5.74) is 2.89. The van der Waals surface area contributed by atoms with Crippen molar-refractivity contribution in [3.8, 4) is 17.4 Å². The molecule has 0 fully saturated rings. The van der Waals surface area contributed by atoms with Gasteiger partial charge in [-0.15, -0.1) is 0 Å². The van der Waals surface area contributed by atoms with Crippen LogP contribution in [0.4, 0.5) is 5.69 Å². The lowest BCUT2D eigenvalue weighted by atomic mass is 10.2. The number of rotatable bonds is 3. The molecule has 0 atom stereocenters. The van der Waals surface area contributed by atoms with E-state index in [1.807, 2.05) is 25.1 Å². The molecule has 0 bridgehead atoms. The third kappa shape index (κ3) is 3.73. The maximum Gasteiger partial charge on any atom is 0.312 e. The van der Waals surface area contributed by atoms with E-state index in [1.165, 1.54) is 6.21 Å². The van der Waals surface area contributed by atoms with Gasteiger partial charge < -0.3 is 9.52 Å². The molecule has 3 aromatic rings. The topological polar surface area (TPSA) is 58.6 Å². The van der Waals surface area contributed by atoms with Crippen molar-refractivity contribution in [2.24, 2.45) is 4.99 Å². The average molecular weight is 439 g/mol. The van der Waals surface area contributed by atoms with E-state index in [9.17, 15) is 5.11 Å². The Kier molecular flexibility index (Phi) is 4.68.